The van der Waals surface area contributed by atoms with E-state index >= 15 is 0 Å². The van der Waals surface area contributed by atoms with Gasteiger partial charge in [0.05, 0.1) is 4.90 Å². The van der Waals surface area contributed by atoms with Crippen LogP contribution >= 0.6 is 0 Å². The molecule has 144 valence electrons. The van der Waals surface area contributed by atoms with Gasteiger partial charge in [0.2, 0.25) is 10.0 Å². The Bertz CT molecular complexity index is 919. The second kappa shape index (κ2) is 8.23. The molecule has 1 fully saturated rings. The molecular formula is C21H26N2O3S. The van der Waals surface area contributed by atoms with Crippen molar-refractivity contribution >= 4 is 21.6 Å². The summed E-state index contributed by atoms with van der Waals surface area (Å²) in [4.78, 5) is 15.0. The highest BCUT2D eigenvalue weighted by molar-refractivity contribution is 7.89. The monoisotopic (exact) mass is 386 g/mol. The maximum Gasteiger partial charge on any atom is 0.258 e. The second-order valence-electron chi connectivity index (χ2n) is 6.83. The average Bonchev–Trinajstić information content (AvgIpc) is 2.70. The Morgan fingerprint density at radius 1 is 1.04 bits per heavy atom. The predicted octanol–water partition coefficient (Wildman–Crippen LogP) is 3.84. The third kappa shape index (κ3) is 4.06. The number of amides is 1. The summed E-state index contributed by atoms with van der Waals surface area (Å²) >= 11 is 0. The van der Waals surface area contributed by atoms with Gasteiger partial charge >= 0.3 is 0 Å². The number of nitrogens with zero attached hydrogens (tertiary/aromatic N) is 2. The number of para-hydroxylation sites is 1. The molecule has 2 aromatic carbocycles. The van der Waals surface area contributed by atoms with Crippen molar-refractivity contribution in [1.82, 2.24) is 4.31 Å². The molecule has 0 spiro atoms. The molecule has 6 heteroatoms. The molecule has 0 atom stereocenters. The fraction of sp³-hybridized carbons (Fsp3) is 0.381. The maximum absolute atomic E-state index is 13.1. The summed E-state index contributed by atoms with van der Waals surface area (Å²) < 4.78 is 27.4. The molecule has 0 saturated carbocycles. The number of carbonyl (C=O) groups is 1. The van der Waals surface area contributed by atoms with Gasteiger partial charge in [0.25, 0.3) is 5.91 Å². The second-order valence-corrected chi connectivity index (χ2v) is 8.77. The molecule has 1 aliphatic heterocycles. The van der Waals surface area contributed by atoms with E-state index in [4.69, 9.17) is 0 Å². The zero-order chi connectivity index (χ0) is 19.4. The normalized spacial score (nSPS) is 15.5. The van der Waals surface area contributed by atoms with E-state index < -0.39 is 10.0 Å². The van der Waals surface area contributed by atoms with Crippen LogP contribution in [-0.4, -0.2) is 38.3 Å². The van der Waals surface area contributed by atoms with Crippen LogP contribution in [-0.2, 0) is 10.0 Å². The summed E-state index contributed by atoms with van der Waals surface area (Å²) in [6.45, 7) is 5.48. The van der Waals surface area contributed by atoms with Crippen molar-refractivity contribution in [3.05, 3.63) is 59.7 Å². The number of hydrogen-bond donors (Lipinski definition) is 0. The Labute approximate surface area is 161 Å². The van der Waals surface area contributed by atoms with Crippen LogP contribution in [0.15, 0.2) is 53.4 Å². The molecule has 1 heterocycles. The lowest BCUT2D eigenvalue weighted by Crippen LogP contribution is -2.36. The van der Waals surface area contributed by atoms with Crippen molar-refractivity contribution in [3.63, 3.8) is 0 Å². The molecule has 0 aliphatic carbocycles. The minimum Gasteiger partial charge on any atom is -0.308 e. The molecule has 5 nitrogen and oxygen atoms in total. The van der Waals surface area contributed by atoms with Crippen LogP contribution in [0.1, 0.15) is 42.1 Å². The first-order chi connectivity index (χ1) is 12.9. The highest BCUT2D eigenvalue weighted by Gasteiger charge is 2.27. The zero-order valence-electron chi connectivity index (χ0n) is 15.9. The van der Waals surface area contributed by atoms with E-state index in [2.05, 4.69) is 0 Å². The maximum atomic E-state index is 13.1. The summed E-state index contributed by atoms with van der Waals surface area (Å²) in [6, 6.07) is 14.1. The quantitative estimate of drug-likeness (QED) is 0.785. The van der Waals surface area contributed by atoms with Gasteiger partial charge in [0, 0.05) is 30.9 Å². The van der Waals surface area contributed by atoms with E-state index in [0.29, 0.717) is 25.2 Å². The SMILES string of the molecule is CCN(C(=O)c1cccc(S(=O)(=O)N2CCCCC2)c1)c1ccccc1C. The van der Waals surface area contributed by atoms with Gasteiger partial charge in [-0.15, -0.1) is 0 Å². The molecule has 1 amide bonds. The largest absolute Gasteiger partial charge is 0.308 e. The minimum atomic E-state index is -3.56. The lowest BCUT2D eigenvalue weighted by Gasteiger charge is -2.26. The van der Waals surface area contributed by atoms with E-state index in [1.165, 1.54) is 10.4 Å². The lowest BCUT2D eigenvalue weighted by atomic mass is 10.1. The number of carbonyl (C=O) groups excluding carboxylic acids is 1. The van der Waals surface area contributed by atoms with E-state index in [0.717, 1.165) is 30.5 Å². The van der Waals surface area contributed by atoms with Gasteiger partial charge in [0.15, 0.2) is 0 Å². The molecule has 0 radical (unpaired) electrons. The molecule has 2 aromatic rings. The van der Waals surface area contributed by atoms with Gasteiger partial charge in [-0.2, -0.15) is 4.31 Å². The van der Waals surface area contributed by atoms with Crippen molar-refractivity contribution < 1.29 is 13.2 Å². The molecule has 1 saturated heterocycles. The van der Waals surface area contributed by atoms with Gasteiger partial charge in [-0.1, -0.05) is 30.7 Å². The third-order valence-electron chi connectivity index (χ3n) is 5.00. The lowest BCUT2D eigenvalue weighted by molar-refractivity contribution is 0.0988. The first-order valence-corrected chi connectivity index (χ1v) is 10.9. The molecule has 1 aliphatic rings. The van der Waals surface area contributed by atoms with Crippen LogP contribution in [0.4, 0.5) is 5.69 Å². The van der Waals surface area contributed by atoms with Crippen LogP contribution in [0.2, 0.25) is 0 Å². The summed E-state index contributed by atoms with van der Waals surface area (Å²) in [6.07, 6.45) is 2.83. The molecule has 27 heavy (non-hydrogen) atoms. The van der Waals surface area contributed by atoms with Gasteiger partial charge < -0.3 is 4.90 Å². The number of piperidine rings is 1. The van der Waals surface area contributed by atoms with Crippen molar-refractivity contribution in [3.8, 4) is 0 Å². The Morgan fingerprint density at radius 2 is 1.74 bits per heavy atom. The van der Waals surface area contributed by atoms with E-state index in [1.54, 1.807) is 23.1 Å². The predicted molar refractivity (Wildman–Crippen MR) is 108 cm³/mol. The number of benzene rings is 2. The number of aryl methyl sites for hydroxylation is 1. The highest BCUT2D eigenvalue weighted by atomic mass is 32.2. The Balaban J connectivity index is 1.92. The topological polar surface area (TPSA) is 57.7 Å². The van der Waals surface area contributed by atoms with Crippen molar-refractivity contribution in [2.45, 2.75) is 38.0 Å². The van der Waals surface area contributed by atoms with Gasteiger partial charge in [0.1, 0.15) is 0 Å². The molecule has 0 unspecified atom stereocenters. The highest BCUT2D eigenvalue weighted by Crippen LogP contribution is 2.24. The minimum absolute atomic E-state index is 0.191. The Morgan fingerprint density at radius 3 is 2.41 bits per heavy atom. The zero-order valence-corrected chi connectivity index (χ0v) is 16.7. The molecule has 3 rings (SSSR count). The van der Waals surface area contributed by atoms with Crippen molar-refractivity contribution in [2.75, 3.05) is 24.5 Å². The number of sulfonamides is 1. The first-order valence-electron chi connectivity index (χ1n) is 9.43. The summed E-state index contributed by atoms with van der Waals surface area (Å²) in [5.41, 5.74) is 2.23. The Hall–Kier alpha value is -2.18. The van der Waals surface area contributed by atoms with Crippen LogP contribution < -0.4 is 4.90 Å². The van der Waals surface area contributed by atoms with Gasteiger partial charge in [-0.05, 0) is 56.5 Å². The van der Waals surface area contributed by atoms with Gasteiger partial charge in [-0.25, -0.2) is 8.42 Å². The fourth-order valence-corrected chi connectivity index (χ4v) is 5.05. The Kier molecular flexibility index (Phi) is 5.97. The van der Waals surface area contributed by atoms with E-state index in [1.807, 2.05) is 38.1 Å². The third-order valence-corrected chi connectivity index (χ3v) is 6.90. The standard InChI is InChI=1S/C21H26N2O3S/c1-3-23(20-13-6-5-10-17(20)2)21(24)18-11-9-12-19(16-18)27(25,26)22-14-7-4-8-15-22/h5-6,9-13,16H,3-4,7-8,14-15H2,1-2H3. The number of anilines is 1. The van der Waals surface area contributed by atoms with Crippen LogP contribution in [0.3, 0.4) is 0 Å². The van der Waals surface area contributed by atoms with E-state index in [-0.39, 0.29) is 10.8 Å². The molecule has 0 N–H and O–H groups in total. The van der Waals surface area contributed by atoms with Crippen LogP contribution in [0, 0.1) is 6.92 Å². The summed E-state index contributed by atoms with van der Waals surface area (Å²) in [5.74, 6) is -0.192. The average molecular weight is 387 g/mol. The molecular weight excluding hydrogens is 360 g/mol. The van der Waals surface area contributed by atoms with Crippen molar-refractivity contribution in [1.29, 1.82) is 0 Å². The first kappa shape index (κ1) is 19.6. The fourth-order valence-electron chi connectivity index (χ4n) is 3.49. The van der Waals surface area contributed by atoms with Crippen LogP contribution in [0.25, 0.3) is 0 Å². The summed E-state index contributed by atoms with van der Waals surface area (Å²) in [5, 5.41) is 0. The van der Waals surface area contributed by atoms with Crippen molar-refractivity contribution in [2.24, 2.45) is 0 Å². The molecule has 0 bridgehead atoms. The summed E-state index contributed by atoms with van der Waals surface area (Å²) in [7, 11) is -3.56. The van der Waals surface area contributed by atoms with Gasteiger partial charge in [-0.3, -0.25) is 4.79 Å². The molecule has 0 aromatic heterocycles. The van der Waals surface area contributed by atoms with Crippen LogP contribution in [0.5, 0.6) is 0 Å². The van der Waals surface area contributed by atoms with E-state index in [9.17, 15) is 13.2 Å². The number of hydrogen-bond acceptors (Lipinski definition) is 3. The number of rotatable bonds is 5. The smallest absolute Gasteiger partial charge is 0.258 e.